The van der Waals surface area contributed by atoms with Crippen LogP contribution < -0.4 is 15.8 Å². The van der Waals surface area contributed by atoms with Crippen molar-refractivity contribution in [3.05, 3.63) is 75.2 Å². The summed E-state index contributed by atoms with van der Waals surface area (Å²) in [6.45, 7) is 0.724. The van der Waals surface area contributed by atoms with Crippen molar-refractivity contribution in [3.8, 4) is 27.6 Å². The summed E-state index contributed by atoms with van der Waals surface area (Å²) in [5.74, 6) is 1.95. The van der Waals surface area contributed by atoms with Crippen LogP contribution in [0.4, 0.5) is 5.82 Å². The Hall–Kier alpha value is -4.51. The summed E-state index contributed by atoms with van der Waals surface area (Å²) in [6, 6.07) is 10.5. The van der Waals surface area contributed by atoms with Gasteiger partial charge in [0.25, 0.3) is 11.8 Å². The van der Waals surface area contributed by atoms with E-state index in [1.165, 1.54) is 43.2 Å². The number of methoxy groups -OCH3 is 1. The van der Waals surface area contributed by atoms with Crippen molar-refractivity contribution in [1.82, 2.24) is 25.1 Å². The van der Waals surface area contributed by atoms with E-state index in [1.807, 2.05) is 29.3 Å². The molecule has 6 heterocycles. The molecule has 1 aromatic carbocycles. The SMILES string of the molecule is COc1cccc2c1CC[C@@H]2Nc1nccc2cc(-c3c4c(nc(CCC5CCCCC5)c3-c3n[nH]c(=O)o3)[C@H]3CCCN3C4=O)sc12. The summed E-state index contributed by atoms with van der Waals surface area (Å²) < 4.78 is 12.3. The van der Waals surface area contributed by atoms with Crippen molar-refractivity contribution < 1.29 is 13.9 Å². The smallest absolute Gasteiger partial charge is 0.434 e. The molecule has 5 aromatic rings. The number of aryl methyl sites for hydroxylation is 1. The highest BCUT2D eigenvalue weighted by Crippen LogP contribution is 2.51. The molecule has 10 nitrogen and oxygen atoms in total. The predicted molar refractivity (Wildman–Crippen MR) is 185 cm³/mol. The number of ether oxygens (including phenoxy) is 1. The van der Waals surface area contributed by atoms with Crippen LogP contribution in [0.25, 0.3) is 32.0 Å². The second-order valence-corrected chi connectivity index (χ2v) is 14.7. The number of nitrogens with one attached hydrogen (secondary N) is 2. The van der Waals surface area contributed by atoms with Crippen LogP contribution in [0.3, 0.4) is 0 Å². The fourth-order valence-corrected chi connectivity index (χ4v) is 9.84. The number of pyridine rings is 2. The Morgan fingerprint density at radius 3 is 2.79 bits per heavy atom. The summed E-state index contributed by atoms with van der Waals surface area (Å²) in [5.41, 5.74) is 6.25. The molecule has 48 heavy (non-hydrogen) atoms. The van der Waals surface area contributed by atoms with Crippen molar-refractivity contribution in [2.45, 2.75) is 82.7 Å². The van der Waals surface area contributed by atoms with Crippen molar-refractivity contribution >= 4 is 33.1 Å². The Balaban J connectivity index is 1.19. The molecule has 0 bridgehead atoms. The maximum absolute atomic E-state index is 14.2. The molecule has 0 spiro atoms. The first-order chi connectivity index (χ1) is 23.6. The number of carbonyl (C=O) groups excluding carboxylic acids is 1. The maximum Gasteiger partial charge on any atom is 0.434 e. The highest BCUT2D eigenvalue weighted by molar-refractivity contribution is 7.23. The van der Waals surface area contributed by atoms with Gasteiger partial charge < -0.3 is 19.4 Å². The largest absolute Gasteiger partial charge is 0.496 e. The fourth-order valence-electron chi connectivity index (χ4n) is 8.68. The van der Waals surface area contributed by atoms with Gasteiger partial charge in [0.15, 0.2) is 0 Å². The van der Waals surface area contributed by atoms with Gasteiger partial charge in [-0.05, 0) is 79.2 Å². The number of anilines is 1. The lowest BCUT2D eigenvalue weighted by atomic mass is 9.84. The average Bonchev–Trinajstić information content (AvgIpc) is 3.95. The van der Waals surface area contributed by atoms with Gasteiger partial charge in [-0.1, -0.05) is 44.2 Å². The number of fused-ring (bicyclic) bond motifs is 5. The van der Waals surface area contributed by atoms with Gasteiger partial charge in [-0.2, -0.15) is 0 Å². The van der Waals surface area contributed by atoms with Gasteiger partial charge in [-0.15, -0.1) is 16.4 Å². The van der Waals surface area contributed by atoms with Gasteiger partial charge >= 0.3 is 5.76 Å². The van der Waals surface area contributed by atoms with Crippen LogP contribution in [0, 0.1) is 5.92 Å². The van der Waals surface area contributed by atoms with Crippen molar-refractivity contribution in [2.75, 3.05) is 19.0 Å². The third-order valence-corrected chi connectivity index (χ3v) is 12.1. The second kappa shape index (κ2) is 11.9. The normalized spacial score (nSPS) is 20.4. The number of amides is 1. The zero-order chi connectivity index (χ0) is 32.4. The zero-order valence-electron chi connectivity index (χ0n) is 27.0. The van der Waals surface area contributed by atoms with Gasteiger partial charge in [-0.3, -0.25) is 9.78 Å². The fraction of sp³-hybridized carbons (Fsp3) is 0.432. The summed E-state index contributed by atoms with van der Waals surface area (Å²) >= 11 is 1.61. The molecule has 11 heteroatoms. The van der Waals surface area contributed by atoms with Crippen molar-refractivity contribution in [1.29, 1.82) is 0 Å². The Morgan fingerprint density at radius 2 is 1.96 bits per heavy atom. The summed E-state index contributed by atoms with van der Waals surface area (Å²) in [7, 11) is 1.72. The third kappa shape index (κ3) is 4.84. The zero-order valence-corrected chi connectivity index (χ0v) is 27.8. The molecule has 2 atom stereocenters. The highest BCUT2D eigenvalue weighted by Gasteiger charge is 2.45. The van der Waals surface area contributed by atoms with Gasteiger partial charge in [0.05, 0.1) is 46.4 Å². The van der Waals surface area contributed by atoms with Crippen LogP contribution in [0.1, 0.15) is 103 Å². The quantitative estimate of drug-likeness (QED) is 0.174. The number of hydrogen-bond donors (Lipinski definition) is 2. The number of benzene rings is 1. The second-order valence-electron chi connectivity index (χ2n) is 13.6. The summed E-state index contributed by atoms with van der Waals surface area (Å²) in [6.07, 6.45) is 13.7. The number of nitrogens with zero attached hydrogens (tertiary/aromatic N) is 4. The molecule has 1 amide bonds. The highest BCUT2D eigenvalue weighted by atomic mass is 32.1. The van der Waals surface area contributed by atoms with Gasteiger partial charge in [0, 0.05) is 23.2 Å². The van der Waals surface area contributed by atoms with Crippen LogP contribution >= 0.6 is 11.3 Å². The number of H-pyrrole nitrogens is 1. The van der Waals surface area contributed by atoms with Crippen LogP contribution in [-0.2, 0) is 12.8 Å². The van der Waals surface area contributed by atoms with E-state index in [4.69, 9.17) is 19.1 Å². The van der Waals surface area contributed by atoms with E-state index in [0.29, 0.717) is 17.0 Å². The topological polar surface area (TPSA) is 126 Å². The summed E-state index contributed by atoms with van der Waals surface area (Å²) in [4.78, 5) is 39.5. The maximum atomic E-state index is 14.2. The molecular formula is C37H38N6O4S. The summed E-state index contributed by atoms with van der Waals surface area (Å²) in [5, 5.41) is 11.6. The molecule has 2 aliphatic heterocycles. The van der Waals surface area contributed by atoms with E-state index in [-0.39, 0.29) is 23.9 Å². The van der Waals surface area contributed by atoms with Crippen molar-refractivity contribution in [2.24, 2.45) is 5.92 Å². The first-order valence-electron chi connectivity index (χ1n) is 17.3. The number of thiophene rings is 1. The third-order valence-electron chi connectivity index (χ3n) is 10.9. The molecule has 0 radical (unpaired) electrons. The van der Waals surface area contributed by atoms with E-state index >= 15 is 0 Å². The van der Waals surface area contributed by atoms with Crippen LogP contribution in [-0.4, -0.2) is 44.6 Å². The Bertz CT molecular complexity index is 2110. The monoisotopic (exact) mass is 662 g/mol. The molecule has 2 N–H and O–H groups in total. The molecule has 246 valence electrons. The van der Waals surface area contributed by atoms with Crippen LogP contribution in [0.2, 0.25) is 0 Å². The van der Waals surface area contributed by atoms with Crippen molar-refractivity contribution in [3.63, 3.8) is 0 Å². The number of hydrogen-bond acceptors (Lipinski definition) is 9. The van der Waals surface area contributed by atoms with E-state index < -0.39 is 5.76 Å². The Kier molecular flexibility index (Phi) is 7.33. The molecule has 2 fully saturated rings. The van der Waals surface area contributed by atoms with E-state index in [9.17, 15) is 9.59 Å². The molecule has 0 unspecified atom stereocenters. The number of aromatic amines is 1. The molecule has 2 aliphatic carbocycles. The number of carbonyl (C=O) groups is 1. The molecule has 4 aromatic heterocycles. The lowest BCUT2D eigenvalue weighted by molar-refractivity contribution is 0.0776. The van der Waals surface area contributed by atoms with Gasteiger partial charge in [0.1, 0.15) is 11.6 Å². The lowest BCUT2D eigenvalue weighted by Gasteiger charge is -2.22. The molecule has 4 aliphatic rings. The van der Waals surface area contributed by atoms with E-state index in [0.717, 1.165) is 88.6 Å². The average molecular weight is 663 g/mol. The predicted octanol–water partition coefficient (Wildman–Crippen LogP) is 7.61. The number of rotatable bonds is 8. The minimum atomic E-state index is -0.623. The first-order valence-corrected chi connectivity index (χ1v) is 18.1. The molecule has 9 rings (SSSR count). The van der Waals surface area contributed by atoms with Gasteiger partial charge in [-0.25, -0.2) is 14.9 Å². The molecule has 1 saturated carbocycles. The molecular weight excluding hydrogens is 625 g/mol. The van der Waals surface area contributed by atoms with Gasteiger partial charge in [0.2, 0.25) is 0 Å². The lowest BCUT2D eigenvalue weighted by Crippen LogP contribution is -2.22. The minimum Gasteiger partial charge on any atom is -0.496 e. The van der Waals surface area contributed by atoms with E-state index in [2.05, 4.69) is 27.6 Å². The standard InChI is InChI=1S/C37H38N6O4S/c1-46-27-11-5-9-22-23(27)13-15-24(22)40-34-33-21(16-17-38-34)19-28(48-33)30-29(35-41-42-37(45)47-35)25(14-12-20-7-3-2-4-8-20)39-32-26-10-6-18-43(26)36(44)31(30)32/h5,9,11,16-17,19-20,24,26H,2-4,6-8,10,12-15,18H2,1H3,(H,38,40)(H,42,45)/t24-,26+/m0/s1. The number of aromatic nitrogens is 4. The minimum absolute atomic E-state index is 0.00148. The first kappa shape index (κ1) is 29.6. The molecule has 1 saturated heterocycles. The van der Waals surface area contributed by atoms with Crippen LogP contribution in [0.5, 0.6) is 5.75 Å². The Morgan fingerprint density at radius 1 is 1.06 bits per heavy atom. The van der Waals surface area contributed by atoms with Crippen LogP contribution in [0.15, 0.2) is 45.7 Å². The Labute approximate surface area is 281 Å². The van der Waals surface area contributed by atoms with E-state index in [1.54, 1.807) is 18.4 Å².